The molecule has 5 heteroatoms. The number of halogens is 1. The van der Waals surface area contributed by atoms with E-state index in [1.165, 1.54) is 6.21 Å². The topological polar surface area (TPSA) is 48.2 Å². The van der Waals surface area contributed by atoms with Gasteiger partial charge in [-0.1, -0.05) is 35.5 Å². The molecule has 0 bridgehead atoms. The molecular weight excluding hydrogens is 226 g/mol. The Kier molecular flexibility index (Phi) is 6.96. The molecule has 0 atom stereocenters. The van der Waals surface area contributed by atoms with Crippen molar-refractivity contribution in [3.05, 3.63) is 35.9 Å². The summed E-state index contributed by atoms with van der Waals surface area (Å²) in [4.78, 5) is 6.11. The molecule has 0 aromatic heterocycles. The second-order valence-electron chi connectivity index (χ2n) is 3.30. The van der Waals surface area contributed by atoms with Crippen LogP contribution in [0.1, 0.15) is 5.56 Å². The Bertz CT molecular complexity index is 350. The van der Waals surface area contributed by atoms with Crippen molar-refractivity contribution in [3.63, 3.8) is 0 Å². The summed E-state index contributed by atoms with van der Waals surface area (Å²) in [5.41, 5.74) is 1.13. The van der Waals surface area contributed by atoms with E-state index in [-0.39, 0.29) is 12.4 Å². The van der Waals surface area contributed by atoms with Gasteiger partial charge in [0, 0.05) is 14.1 Å². The van der Waals surface area contributed by atoms with Gasteiger partial charge in [0.25, 0.3) is 0 Å². The third-order valence-corrected chi connectivity index (χ3v) is 1.90. The van der Waals surface area contributed by atoms with Crippen molar-refractivity contribution in [3.8, 4) is 0 Å². The SMILES string of the molecule is CN(C)C(C=NO)=NCc1ccccc1.Cl. The number of nitrogens with zero attached hydrogens (tertiary/aromatic N) is 3. The average molecular weight is 242 g/mol. The van der Waals surface area contributed by atoms with Crippen LogP contribution in [0, 0.1) is 0 Å². The highest BCUT2D eigenvalue weighted by atomic mass is 35.5. The molecule has 4 nitrogen and oxygen atoms in total. The van der Waals surface area contributed by atoms with Crippen LogP contribution in [0.4, 0.5) is 0 Å². The molecule has 0 radical (unpaired) electrons. The summed E-state index contributed by atoms with van der Waals surface area (Å²) >= 11 is 0. The van der Waals surface area contributed by atoms with Crippen molar-refractivity contribution in [1.29, 1.82) is 0 Å². The lowest BCUT2D eigenvalue weighted by Crippen LogP contribution is -2.23. The maximum atomic E-state index is 8.44. The van der Waals surface area contributed by atoms with Crippen LogP contribution in [0.3, 0.4) is 0 Å². The molecule has 16 heavy (non-hydrogen) atoms. The van der Waals surface area contributed by atoms with Crippen LogP contribution in [-0.2, 0) is 6.54 Å². The van der Waals surface area contributed by atoms with E-state index in [1.54, 1.807) is 4.90 Å². The minimum absolute atomic E-state index is 0. The first-order valence-electron chi connectivity index (χ1n) is 4.67. The first-order chi connectivity index (χ1) is 7.24. The van der Waals surface area contributed by atoms with Crippen LogP contribution in [0.15, 0.2) is 40.5 Å². The maximum absolute atomic E-state index is 8.44. The smallest absolute Gasteiger partial charge is 0.145 e. The molecule has 0 heterocycles. The van der Waals surface area contributed by atoms with Crippen molar-refractivity contribution >= 4 is 24.5 Å². The molecule has 0 fully saturated rings. The lowest BCUT2D eigenvalue weighted by atomic mass is 10.2. The third kappa shape index (κ3) is 4.79. The number of benzene rings is 1. The van der Waals surface area contributed by atoms with Gasteiger partial charge in [-0.05, 0) is 5.56 Å². The van der Waals surface area contributed by atoms with Gasteiger partial charge in [0.05, 0.1) is 6.54 Å². The van der Waals surface area contributed by atoms with E-state index in [2.05, 4.69) is 10.1 Å². The fraction of sp³-hybridized carbons (Fsp3) is 0.273. The van der Waals surface area contributed by atoms with E-state index in [4.69, 9.17) is 5.21 Å². The number of amidine groups is 1. The zero-order chi connectivity index (χ0) is 11.1. The van der Waals surface area contributed by atoms with Crippen LogP contribution in [0.25, 0.3) is 0 Å². The van der Waals surface area contributed by atoms with Gasteiger partial charge in [-0.2, -0.15) is 0 Å². The molecule has 1 rings (SSSR count). The molecule has 0 saturated carbocycles. The summed E-state index contributed by atoms with van der Waals surface area (Å²) in [6, 6.07) is 9.93. The zero-order valence-electron chi connectivity index (χ0n) is 9.37. The van der Waals surface area contributed by atoms with E-state index < -0.39 is 0 Å². The van der Waals surface area contributed by atoms with Crippen LogP contribution in [0.2, 0.25) is 0 Å². The number of hydrogen-bond acceptors (Lipinski definition) is 3. The van der Waals surface area contributed by atoms with Gasteiger partial charge in [0.1, 0.15) is 12.1 Å². The lowest BCUT2D eigenvalue weighted by molar-refractivity contribution is 0.322. The third-order valence-electron chi connectivity index (χ3n) is 1.90. The number of hydrogen-bond donors (Lipinski definition) is 1. The Labute approximate surface area is 102 Å². The van der Waals surface area contributed by atoms with Gasteiger partial charge < -0.3 is 10.1 Å². The first kappa shape index (κ1) is 14.5. The largest absolute Gasteiger partial charge is 0.411 e. The van der Waals surface area contributed by atoms with Gasteiger partial charge in [0.15, 0.2) is 0 Å². The summed E-state index contributed by atoms with van der Waals surface area (Å²) in [5.74, 6) is 0.640. The summed E-state index contributed by atoms with van der Waals surface area (Å²) < 4.78 is 0. The Morgan fingerprint density at radius 1 is 1.31 bits per heavy atom. The van der Waals surface area contributed by atoms with Crippen LogP contribution in [0.5, 0.6) is 0 Å². The van der Waals surface area contributed by atoms with Crippen molar-refractivity contribution in [2.45, 2.75) is 6.54 Å². The molecule has 1 aromatic carbocycles. The fourth-order valence-electron chi connectivity index (χ4n) is 1.11. The Morgan fingerprint density at radius 3 is 2.44 bits per heavy atom. The summed E-state index contributed by atoms with van der Waals surface area (Å²) in [7, 11) is 3.71. The van der Waals surface area contributed by atoms with Crippen molar-refractivity contribution in [2.75, 3.05) is 14.1 Å². The van der Waals surface area contributed by atoms with Gasteiger partial charge >= 0.3 is 0 Å². The standard InChI is InChI=1S/C11H15N3O.ClH/c1-14(2)11(9-13-15)12-8-10-6-4-3-5-7-10;/h3-7,9,15H,8H2,1-2H3;1H. The van der Waals surface area contributed by atoms with E-state index in [0.29, 0.717) is 12.4 Å². The molecule has 88 valence electrons. The quantitative estimate of drug-likeness (QED) is 0.381. The van der Waals surface area contributed by atoms with E-state index in [0.717, 1.165) is 5.56 Å². The summed E-state index contributed by atoms with van der Waals surface area (Å²) in [6.07, 6.45) is 1.32. The van der Waals surface area contributed by atoms with E-state index in [1.807, 2.05) is 44.4 Å². The number of oxime groups is 1. The molecule has 0 aliphatic heterocycles. The zero-order valence-corrected chi connectivity index (χ0v) is 10.2. The van der Waals surface area contributed by atoms with Crippen molar-refractivity contribution < 1.29 is 5.21 Å². The van der Waals surface area contributed by atoms with Crippen molar-refractivity contribution in [2.24, 2.45) is 10.1 Å². The minimum atomic E-state index is 0. The van der Waals surface area contributed by atoms with E-state index >= 15 is 0 Å². The molecule has 0 aliphatic carbocycles. The maximum Gasteiger partial charge on any atom is 0.145 e. The predicted octanol–water partition coefficient (Wildman–Crippen LogP) is 2.03. The molecule has 0 spiro atoms. The van der Waals surface area contributed by atoms with Gasteiger partial charge in [-0.3, -0.25) is 4.99 Å². The predicted molar refractivity (Wildman–Crippen MR) is 68.8 cm³/mol. The highest BCUT2D eigenvalue weighted by molar-refractivity contribution is 6.28. The van der Waals surface area contributed by atoms with Crippen molar-refractivity contribution in [1.82, 2.24) is 4.90 Å². The van der Waals surface area contributed by atoms with Crippen LogP contribution in [-0.4, -0.2) is 36.3 Å². The van der Waals surface area contributed by atoms with Gasteiger partial charge in [0.2, 0.25) is 0 Å². The van der Waals surface area contributed by atoms with Gasteiger partial charge in [-0.15, -0.1) is 12.4 Å². The molecule has 0 unspecified atom stereocenters. The fourth-order valence-corrected chi connectivity index (χ4v) is 1.11. The number of rotatable bonds is 3. The summed E-state index contributed by atoms with van der Waals surface area (Å²) in [6.45, 7) is 0.584. The molecular formula is C11H16ClN3O. The minimum Gasteiger partial charge on any atom is -0.411 e. The Morgan fingerprint density at radius 2 is 1.94 bits per heavy atom. The average Bonchev–Trinajstić information content (AvgIpc) is 2.25. The second-order valence-corrected chi connectivity index (χ2v) is 3.30. The Balaban J connectivity index is 0.00000225. The highest BCUT2D eigenvalue weighted by Gasteiger charge is 1.97. The monoisotopic (exact) mass is 241 g/mol. The first-order valence-corrected chi connectivity index (χ1v) is 4.67. The summed E-state index contributed by atoms with van der Waals surface area (Å²) in [5, 5.41) is 11.4. The molecule has 0 amide bonds. The number of aliphatic imine (C=N–C) groups is 1. The second kappa shape index (κ2) is 7.70. The Hall–Kier alpha value is -1.55. The molecule has 1 aromatic rings. The molecule has 1 N–H and O–H groups in total. The normalized spacial score (nSPS) is 11.2. The highest BCUT2D eigenvalue weighted by Crippen LogP contribution is 2.00. The van der Waals surface area contributed by atoms with Crippen LogP contribution >= 0.6 is 12.4 Å². The van der Waals surface area contributed by atoms with Crippen LogP contribution < -0.4 is 0 Å². The lowest BCUT2D eigenvalue weighted by Gasteiger charge is -2.10. The van der Waals surface area contributed by atoms with E-state index in [9.17, 15) is 0 Å². The molecule has 0 aliphatic rings. The van der Waals surface area contributed by atoms with Gasteiger partial charge in [-0.25, -0.2) is 0 Å². The molecule has 0 saturated heterocycles.